The van der Waals surface area contributed by atoms with Gasteiger partial charge in [0.15, 0.2) is 6.54 Å². The van der Waals surface area contributed by atoms with E-state index >= 15 is 0 Å². The highest BCUT2D eigenvalue weighted by Crippen LogP contribution is 2.18. The molecule has 0 unspecified atom stereocenters. The predicted octanol–water partition coefficient (Wildman–Crippen LogP) is 2.83. The number of quaternary nitrogens is 1. The molecule has 2 aromatic rings. The maximum atomic E-state index is 12.2. The van der Waals surface area contributed by atoms with Crippen molar-refractivity contribution in [2.75, 3.05) is 11.9 Å². The third-order valence-corrected chi connectivity index (χ3v) is 4.18. The second-order valence-electron chi connectivity index (χ2n) is 6.26. The van der Waals surface area contributed by atoms with E-state index in [-0.39, 0.29) is 5.91 Å². The first kappa shape index (κ1) is 17.2. The molecule has 23 heavy (non-hydrogen) atoms. The molecule has 2 aromatic carbocycles. The lowest BCUT2D eigenvalue weighted by Gasteiger charge is -2.13. The number of carbonyl (C=O) groups excluding carboxylic acids is 1. The lowest BCUT2D eigenvalue weighted by atomic mass is 10.1. The van der Waals surface area contributed by atoms with Crippen LogP contribution < -0.4 is 10.6 Å². The number of anilines is 1. The van der Waals surface area contributed by atoms with E-state index in [9.17, 15) is 4.79 Å². The van der Waals surface area contributed by atoms with Gasteiger partial charge in [0.25, 0.3) is 5.91 Å². The van der Waals surface area contributed by atoms with Gasteiger partial charge in [-0.3, -0.25) is 4.79 Å². The summed E-state index contributed by atoms with van der Waals surface area (Å²) >= 11 is 0. The van der Waals surface area contributed by atoms with Crippen LogP contribution in [0.1, 0.15) is 30.0 Å². The zero-order valence-electron chi connectivity index (χ0n) is 14.3. The van der Waals surface area contributed by atoms with Crippen LogP contribution in [0.5, 0.6) is 0 Å². The monoisotopic (exact) mass is 311 g/mol. The summed E-state index contributed by atoms with van der Waals surface area (Å²) in [5.74, 6) is 0.0639. The van der Waals surface area contributed by atoms with Crippen LogP contribution in [0.3, 0.4) is 0 Å². The molecule has 0 fully saturated rings. The van der Waals surface area contributed by atoms with Crippen molar-refractivity contribution in [3.8, 4) is 0 Å². The molecule has 0 bridgehead atoms. The Morgan fingerprint density at radius 2 is 1.70 bits per heavy atom. The Morgan fingerprint density at radius 1 is 1.04 bits per heavy atom. The van der Waals surface area contributed by atoms with E-state index in [1.807, 2.05) is 38.1 Å². The van der Waals surface area contributed by atoms with Crippen molar-refractivity contribution in [2.45, 2.75) is 39.7 Å². The van der Waals surface area contributed by atoms with E-state index in [0.29, 0.717) is 12.6 Å². The number of carbonyl (C=O) groups is 1. The Hall–Kier alpha value is -2.13. The number of benzene rings is 2. The summed E-state index contributed by atoms with van der Waals surface area (Å²) in [6.45, 7) is 6.68. The highest BCUT2D eigenvalue weighted by Gasteiger charge is 2.11. The van der Waals surface area contributed by atoms with Crippen LogP contribution in [-0.2, 0) is 11.2 Å². The van der Waals surface area contributed by atoms with Crippen molar-refractivity contribution in [1.82, 2.24) is 0 Å². The molecule has 3 N–H and O–H groups in total. The Labute approximate surface area is 139 Å². The van der Waals surface area contributed by atoms with Gasteiger partial charge in [0.1, 0.15) is 0 Å². The first-order valence-electron chi connectivity index (χ1n) is 8.29. The fraction of sp³-hybridized carbons (Fsp3) is 0.350. The van der Waals surface area contributed by atoms with Gasteiger partial charge < -0.3 is 10.6 Å². The van der Waals surface area contributed by atoms with Crippen LogP contribution in [0, 0.1) is 13.8 Å². The smallest absolute Gasteiger partial charge is 0.279 e. The molecule has 0 saturated carbocycles. The van der Waals surface area contributed by atoms with Crippen LogP contribution in [-0.4, -0.2) is 18.5 Å². The summed E-state index contributed by atoms with van der Waals surface area (Å²) in [5, 5.41) is 5.15. The number of rotatable bonds is 7. The second kappa shape index (κ2) is 8.49. The van der Waals surface area contributed by atoms with Gasteiger partial charge in [0, 0.05) is 12.1 Å². The number of aryl methyl sites for hydroxylation is 3. The Morgan fingerprint density at radius 3 is 2.35 bits per heavy atom. The van der Waals surface area contributed by atoms with Gasteiger partial charge in [-0.1, -0.05) is 48.5 Å². The number of amides is 1. The molecule has 0 heterocycles. The fourth-order valence-corrected chi connectivity index (χ4v) is 2.67. The number of para-hydroxylation sites is 1. The van der Waals surface area contributed by atoms with E-state index in [4.69, 9.17) is 0 Å². The minimum Gasteiger partial charge on any atom is -0.336 e. The minimum absolute atomic E-state index is 0.0639. The van der Waals surface area contributed by atoms with E-state index < -0.39 is 0 Å². The Bertz CT molecular complexity index is 617. The van der Waals surface area contributed by atoms with Crippen molar-refractivity contribution in [3.63, 3.8) is 0 Å². The predicted molar refractivity (Wildman–Crippen MR) is 95.6 cm³/mol. The number of hydrogen-bond acceptors (Lipinski definition) is 1. The van der Waals surface area contributed by atoms with Crippen molar-refractivity contribution < 1.29 is 10.1 Å². The molecule has 2 rings (SSSR count). The SMILES string of the molecule is Cc1cccc(C)c1NC(=O)C[NH2+][C@H](C)CCc1ccccc1. The average molecular weight is 311 g/mol. The van der Waals surface area contributed by atoms with E-state index in [1.165, 1.54) is 5.56 Å². The summed E-state index contributed by atoms with van der Waals surface area (Å²) in [4.78, 5) is 12.2. The van der Waals surface area contributed by atoms with Gasteiger partial charge in [-0.2, -0.15) is 0 Å². The quantitative estimate of drug-likeness (QED) is 0.811. The van der Waals surface area contributed by atoms with Gasteiger partial charge in [-0.15, -0.1) is 0 Å². The zero-order valence-corrected chi connectivity index (χ0v) is 14.3. The molecule has 1 amide bonds. The summed E-state index contributed by atoms with van der Waals surface area (Å²) in [6.07, 6.45) is 2.12. The topological polar surface area (TPSA) is 45.7 Å². The Balaban J connectivity index is 1.75. The molecular weight excluding hydrogens is 284 g/mol. The second-order valence-corrected chi connectivity index (χ2v) is 6.26. The molecule has 0 aromatic heterocycles. The molecule has 3 heteroatoms. The normalized spacial score (nSPS) is 12.0. The molecule has 0 saturated heterocycles. The van der Waals surface area contributed by atoms with Crippen LogP contribution in [0.15, 0.2) is 48.5 Å². The van der Waals surface area contributed by atoms with Crippen molar-refractivity contribution in [3.05, 3.63) is 65.2 Å². The van der Waals surface area contributed by atoms with Crippen LogP contribution in [0.2, 0.25) is 0 Å². The molecule has 0 aliphatic rings. The molecule has 0 aliphatic carbocycles. The van der Waals surface area contributed by atoms with Crippen molar-refractivity contribution in [1.29, 1.82) is 0 Å². The Kier molecular flexibility index (Phi) is 6.36. The molecule has 122 valence electrons. The number of nitrogens with two attached hydrogens (primary N) is 1. The van der Waals surface area contributed by atoms with E-state index in [1.54, 1.807) is 0 Å². The highest BCUT2D eigenvalue weighted by atomic mass is 16.1. The summed E-state index contributed by atoms with van der Waals surface area (Å²) in [7, 11) is 0. The van der Waals surface area contributed by atoms with E-state index in [2.05, 4.69) is 41.8 Å². The summed E-state index contributed by atoms with van der Waals surface area (Å²) in [5.41, 5.74) is 4.52. The van der Waals surface area contributed by atoms with Crippen molar-refractivity contribution >= 4 is 11.6 Å². The third kappa shape index (κ3) is 5.53. The van der Waals surface area contributed by atoms with Gasteiger partial charge in [-0.05, 0) is 43.9 Å². The fourth-order valence-electron chi connectivity index (χ4n) is 2.67. The molecule has 0 spiro atoms. The van der Waals surface area contributed by atoms with Crippen LogP contribution >= 0.6 is 0 Å². The standard InChI is InChI=1S/C20H26N2O/c1-15-8-7-9-16(2)20(15)22-19(23)14-21-17(3)12-13-18-10-5-4-6-11-18/h4-11,17,21H,12-14H2,1-3H3,(H,22,23)/p+1/t17-/m1/s1. The molecule has 3 nitrogen and oxygen atoms in total. The largest absolute Gasteiger partial charge is 0.336 e. The molecule has 1 atom stereocenters. The van der Waals surface area contributed by atoms with Crippen molar-refractivity contribution in [2.24, 2.45) is 0 Å². The first-order valence-corrected chi connectivity index (χ1v) is 8.29. The lowest BCUT2D eigenvalue weighted by Crippen LogP contribution is -2.91. The minimum atomic E-state index is 0.0639. The number of nitrogens with one attached hydrogen (secondary N) is 1. The highest BCUT2D eigenvalue weighted by molar-refractivity contribution is 5.92. The summed E-state index contributed by atoms with van der Waals surface area (Å²) < 4.78 is 0. The molecule has 0 radical (unpaired) electrons. The molecular formula is C20H27N2O+. The maximum Gasteiger partial charge on any atom is 0.279 e. The lowest BCUT2D eigenvalue weighted by molar-refractivity contribution is -0.676. The average Bonchev–Trinajstić information content (AvgIpc) is 2.55. The third-order valence-electron chi connectivity index (χ3n) is 4.18. The molecule has 0 aliphatic heterocycles. The zero-order chi connectivity index (χ0) is 16.7. The van der Waals surface area contributed by atoms with Gasteiger partial charge in [-0.25, -0.2) is 0 Å². The maximum absolute atomic E-state index is 12.2. The van der Waals surface area contributed by atoms with Gasteiger partial charge >= 0.3 is 0 Å². The van der Waals surface area contributed by atoms with Gasteiger partial charge in [0.2, 0.25) is 0 Å². The van der Waals surface area contributed by atoms with Gasteiger partial charge in [0.05, 0.1) is 6.04 Å². The number of hydrogen-bond donors (Lipinski definition) is 2. The van der Waals surface area contributed by atoms with Crippen LogP contribution in [0.4, 0.5) is 5.69 Å². The summed E-state index contributed by atoms with van der Waals surface area (Å²) in [6, 6.07) is 17.0. The van der Waals surface area contributed by atoms with Crippen LogP contribution in [0.25, 0.3) is 0 Å². The van der Waals surface area contributed by atoms with E-state index in [0.717, 1.165) is 29.7 Å². The first-order chi connectivity index (χ1) is 11.1.